The molecule has 0 atom stereocenters. The van der Waals surface area contributed by atoms with Gasteiger partial charge in [0.15, 0.2) is 0 Å². The molecule has 0 unspecified atom stereocenters. The second-order valence-electron chi connectivity index (χ2n) is 8.65. The summed E-state index contributed by atoms with van der Waals surface area (Å²) in [5, 5.41) is 19.1. The fourth-order valence-corrected chi connectivity index (χ4v) is 7.22. The summed E-state index contributed by atoms with van der Waals surface area (Å²) >= 11 is 0. The molecule has 0 heterocycles. The van der Waals surface area contributed by atoms with E-state index in [1.807, 2.05) is 4.72 Å². The first-order valence-electron chi connectivity index (χ1n) is 10.2. The van der Waals surface area contributed by atoms with Crippen LogP contribution in [0.3, 0.4) is 0 Å². The molecule has 0 aliphatic rings. The van der Waals surface area contributed by atoms with Crippen LogP contribution in [-0.2, 0) is 29.1 Å². The van der Waals surface area contributed by atoms with Gasteiger partial charge in [0.25, 0.3) is 9.05 Å². The second-order valence-corrected chi connectivity index (χ2v) is 14.6. The van der Waals surface area contributed by atoms with Crippen LogP contribution >= 0.6 is 10.7 Å². The van der Waals surface area contributed by atoms with E-state index in [0.717, 1.165) is 6.07 Å². The predicted molar refractivity (Wildman–Crippen MR) is 136 cm³/mol. The first-order valence-corrected chi connectivity index (χ1v) is 15.7. The summed E-state index contributed by atoms with van der Waals surface area (Å²) in [5.74, 6) is -1.60. The molecular formula is C21H23ClN4O7S3. The third kappa shape index (κ3) is 6.78. The SMILES string of the molecule is CC(C)(C)NS(=O)(=O)CNS(=O)(=O)c1cc(N=Nc2ccccc2S(=O)(=O)Cl)c2ccccc2c1O. The molecule has 0 radical (unpaired) electrons. The lowest BCUT2D eigenvalue weighted by Gasteiger charge is -2.20. The molecule has 0 aliphatic carbocycles. The first kappa shape index (κ1) is 28.0. The van der Waals surface area contributed by atoms with Gasteiger partial charge in [-0.05, 0) is 39.0 Å². The van der Waals surface area contributed by atoms with E-state index in [1.165, 1.54) is 30.3 Å². The molecule has 36 heavy (non-hydrogen) atoms. The standard InChI is InChI=1S/C21H23ClN4O7S3/c1-21(2,3)26-34(28,29)13-23-36(32,33)19-12-17(14-8-4-5-9-15(14)20(19)27)25-24-16-10-6-7-11-18(16)35(22,30)31/h4-12,23,26-27H,13H2,1-3H3. The lowest BCUT2D eigenvalue weighted by Crippen LogP contribution is -2.45. The van der Waals surface area contributed by atoms with Crippen LogP contribution in [-0.4, -0.2) is 41.8 Å². The van der Waals surface area contributed by atoms with E-state index in [0.29, 0.717) is 5.39 Å². The zero-order valence-electron chi connectivity index (χ0n) is 19.3. The number of phenols is 1. The Balaban J connectivity index is 2.09. The number of sulfonamides is 2. The Labute approximate surface area is 213 Å². The van der Waals surface area contributed by atoms with Gasteiger partial charge in [0.2, 0.25) is 20.0 Å². The summed E-state index contributed by atoms with van der Waals surface area (Å²) in [6.07, 6.45) is 0. The Hall–Kier alpha value is -2.62. The van der Waals surface area contributed by atoms with Gasteiger partial charge in [0, 0.05) is 27.0 Å². The van der Waals surface area contributed by atoms with Gasteiger partial charge < -0.3 is 5.11 Å². The highest BCUT2D eigenvalue weighted by atomic mass is 35.7. The average molecular weight is 575 g/mol. The lowest BCUT2D eigenvalue weighted by molar-refractivity contribution is 0.464. The van der Waals surface area contributed by atoms with Crippen molar-refractivity contribution in [3.8, 4) is 5.75 Å². The summed E-state index contributed by atoms with van der Waals surface area (Å²) in [5.41, 5.74) is -0.955. The molecule has 0 bridgehead atoms. The van der Waals surface area contributed by atoms with Crippen molar-refractivity contribution in [1.29, 1.82) is 0 Å². The van der Waals surface area contributed by atoms with Gasteiger partial charge >= 0.3 is 0 Å². The molecule has 15 heteroatoms. The van der Waals surface area contributed by atoms with E-state index in [-0.39, 0.29) is 21.7 Å². The van der Waals surface area contributed by atoms with Crippen LogP contribution in [0.15, 0.2) is 74.6 Å². The minimum absolute atomic E-state index is 0.0266. The highest BCUT2D eigenvalue weighted by Crippen LogP contribution is 2.39. The first-order chi connectivity index (χ1) is 16.5. The van der Waals surface area contributed by atoms with Gasteiger partial charge in [-0.15, -0.1) is 10.2 Å². The lowest BCUT2D eigenvalue weighted by atomic mass is 10.1. The molecular weight excluding hydrogens is 552 g/mol. The Morgan fingerprint density at radius 3 is 2.00 bits per heavy atom. The van der Waals surface area contributed by atoms with Crippen LogP contribution < -0.4 is 9.44 Å². The Kier molecular flexibility index (Phi) is 7.79. The maximum absolute atomic E-state index is 13.0. The van der Waals surface area contributed by atoms with E-state index in [2.05, 4.69) is 15.0 Å². The van der Waals surface area contributed by atoms with Gasteiger partial charge in [-0.2, -0.15) is 4.72 Å². The number of fused-ring (bicyclic) bond motifs is 1. The molecule has 3 N–H and O–H groups in total. The van der Waals surface area contributed by atoms with Gasteiger partial charge in [-0.1, -0.05) is 36.4 Å². The molecule has 194 valence electrons. The van der Waals surface area contributed by atoms with E-state index in [1.54, 1.807) is 39.0 Å². The Morgan fingerprint density at radius 1 is 0.833 bits per heavy atom. The van der Waals surface area contributed by atoms with Crippen molar-refractivity contribution < 1.29 is 30.4 Å². The second kappa shape index (κ2) is 10.0. The van der Waals surface area contributed by atoms with Crippen molar-refractivity contribution in [2.24, 2.45) is 10.2 Å². The highest BCUT2D eigenvalue weighted by molar-refractivity contribution is 8.13. The van der Waals surface area contributed by atoms with Crippen molar-refractivity contribution in [2.75, 3.05) is 5.88 Å². The summed E-state index contributed by atoms with van der Waals surface area (Å²) in [6, 6.07) is 12.7. The van der Waals surface area contributed by atoms with Gasteiger partial charge in [-0.25, -0.2) is 30.0 Å². The smallest absolute Gasteiger partial charge is 0.263 e. The van der Waals surface area contributed by atoms with Crippen LogP contribution in [0.5, 0.6) is 5.75 Å². The maximum atomic E-state index is 13.0. The average Bonchev–Trinajstić information content (AvgIpc) is 2.75. The largest absolute Gasteiger partial charge is 0.506 e. The molecule has 3 rings (SSSR count). The number of hydrogen-bond acceptors (Lipinski definition) is 9. The number of benzene rings is 3. The summed E-state index contributed by atoms with van der Waals surface area (Å²) in [4.78, 5) is -0.941. The van der Waals surface area contributed by atoms with Gasteiger partial charge in [-0.3, -0.25) is 0 Å². The van der Waals surface area contributed by atoms with Crippen molar-refractivity contribution in [3.63, 3.8) is 0 Å². The zero-order valence-corrected chi connectivity index (χ0v) is 22.5. The van der Waals surface area contributed by atoms with E-state index in [4.69, 9.17) is 10.7 Å². The van der Waals surface area contributed by atoms with Crippen LogP contribution in [0.1, 0.15) is 20.8 Å². The molecule has 0 spiro atoms. The number of nitrogens with zero attached hydrogens (tertiary/aromatic N) is 2. The number of hydrogen-bond donors (Lipinski definition) is 3. The van der Waals surface area contributed by atoms with Gasteiger partial charge in [0.05, 0.1) is 5.69 Å². The van der Waals surface area contributed by atoms with E-state index < -0.39 is 51.2 Å². The normalized spacial score (nSPS) is 13.4. The quantitative estimate of drug-likeness (QED) is 0.271. The Morgan fingerprint density at radius 2 is 1.39 bits per heavy atom. The summed E-state index contributed by atoms with van der Waals surface area (Å²) in [7, 11) is -7.28. The highest BCUT2D eigenvalue weighted by Gasteiger charge is 2.27. The number of phenolic OH excluding ortho intramolecular Hbond substituents is 1. The minimum Gasteiger partial charge on any atom is -0.506 e. The van der Waals surface area contributed by atoms with Crippen molar-refractivity contribution in [2.45, 2.75) is 36.1 Å². The number of rotatable bonds is 8. The molecule has 0 saturated carbocycles. The predicted octanol–water partition coefficient (Wildman–Crippen LogP) is 3.84. The number of azo groups is 1. The fourth-order valence-electron chi connectivity index (χ4n) is 3.19. The van der Waals surface area contributed by atoms with Crippen molar-refractivity contribution in [1.82, 2.24) is 9.44 Å². The molecule has 0 saturated heterocycles. The fraction of sp³-hybridized carbons (Fsp3) is 0.238. The molecule has 0 aliphatic heterocycles. The minimum atomic E-state index is -4.55. The third-order valence-corrected chi connectivity index (χ3v) is 8.96. The summed E-state index contributed by atoms with van der Waals surface area (Å²) < 4.78 is 78.5. The van der Waals surface area contributed by atoms with Crippen LogP contribution in [0, 0.1) is 0 Å². The topological polar surface area (TPSA) is 171 Å². The molecule has 3 aromatic carbocycles. The number of halogens is 1. The Bertz CT molecular complexity index is 1670. The summed E-state index contributed by atoms with van der Waals surface area (Å²) in [6.45, 7) is 4.79. The molecule has 0 amide bonds. The van der Waals surface area contributed by atoms with Crippen molar-refractivity contribution in [3.05, 3.63) is 54.6 Å². The number of nitrogens with one attached hydrogen (secondary N) is 2. The van der Waals surface area contributed by atoms with Gasteiger partial charge in [0.1, 0.15) is 27.1 Å². The van der Waals surface area contributed by atoms with Crippen LogP contribution in [0.4, 0.5) is 11.4 Å². The third-order valence-electron chi connectivity index (χ3n) is 4.54. The monoisotopic (exact) mass is 574 g/mol. The number of aromatic hydroxyl groups is 1. The van der Waals surface area contributed by atoms with Crippen LogP contribution in [0.2, 0.25) is 0 Å². The maximum Gasteiger partial charge on any atom is 0.263 e. The van der Waals surface area contributed by atoms with E-state index in [9.17, 15) is 30.4 Å². The molecule has 3 aromatic rings. The van der Waals surface area contributed by atoms with Crippen molar-refractivity contribution >= 4 is 61.9 Å². The van der Waals surface area contributed by atoms with E-state index >= 15 is 0 Å². The molecule has 0 fully saturated rings. The van der Waals surface area contributed by atoms with Crippen LogP contribution in [0.25, 0.3) is 10.8 Å². The molecule has 11 nitrogen and oxygen atoms in total. The zero-order chi connectivity index (χ0) is 26.9. The molecule has 0 aromatic heterocycles.